The second kappa shape index (κ2) is 8.13. The number of ether oxygens (including phenoxy) is 1. The zero-order valence-electron chi connectivity index (χ0n) is 12.7. The van der Waals surface area contributed by atoms with E-state index in [9.17, 15) is 9.18 Å². The van der Waals surface area contributed by atoms with Crippen LogP contribution in [-0.2, 0) is 16.0 Å². The maximum atomic E-state index is 12.8. The third kappa shape index (κ3) is 5.12. The van der Waals surface area contributed by atoms with Crippen molar-refractivity contribution in [2.75, 3.05) is 26.3 Å². The van der Waals surface area contributed by atoms with Gasteiger partial charge >= 0.3 is 0 Å². The van der Waals surface area contributed by atoms with Crippen molar-refractivity contribution in [1.82, 2.24) is 4.90 Å². The molecule has 1 heterocycles. The van der Waals surface area contributed by atoms with Crippen molar-refractivity contribution in [3.8, 4) is 0 Å². The van der Waals surface area contributed by atoms with E-state index in [2.05, 4.69) is 0 Å². The quantitative estimate of drug-likeness (QED) is 0.807. The Labute approximate surface area is 126 Å². The lowest BCUT2D eigenvalue weighted by molar-refractivity contribution is -0.133. The van der Waals surface area contributed by atoms with E-state index in [1.54, 1.807) is 12.1 Å². The normalized spacial score (nSPS) is 18.8. The van der Waals surface area contributed by atoms with Crippen LogP contribution < -0.4 is 0 Å². The largest absolute Gasteiger partial charge is 0.381 e. The summed E-state index contributed by atoms with van der Waals surface area (Å²) in [5, 5.41) is 0. The molecule has 0 saturated carbocycles. The number of nitrogens with zero attached hydrogens (tertiary/aromatic N) is 1. The molecule has 1 aromatic rings. The molecule has 1 amide bonds. The number of amides is 1. The number of hydrogen-bond donors (Lipinski definition) is 0. The number of benzene rings is 1. The van der Waals surface area contributed by atoms with Gasteiger partial charge in [0.05, 0.1) is 6.61 Å². The fourth-order valence-corrected chi connectivity index (χ4v) is 2.77. The maximum Gasteiger partial charge on any atom is 0.222 e. The number of carbonyl (C=O) groups is 1. The Kier molecular flexibility index (Phi) is 6.18. The fraction of sp³-hybridized carbons (Fsp3) is 0.588. The molecular formula is C17H24FNO2. The van der Waals surface area contributed by atoms with Gasteiger partial charge in [-0.3, -0.25) is 4.79 Å². The first kappa shape index (κ1) is 16.0. The first-order chi connectivity index (χ1) is 10.2. The van der Waals surface area contributed by atoms with Crippen LogP contribution in [0.1, 0.15) is 31.7 Å². The Morgan fingerprint density at radius 1 is 1.38 bits per heavy atom. The molecule has 21 heavy (non-hydrogen) atoms. The summed E-state index contributed by atoms with van der Waals surface area (Å²) in [5.41, 5.74) is 1.01. The van der Waals surface area contributed by atoms with E-state index in [-0.39, 0.29) is 11.7 Å². The van der Waals surface area contributed by atoms with Crippen LogP contribution in [0.15, 0.2) is 24.3 Å². The summed E-state index contributed by atoms with van der Waals surface area (Å²) in [6.07, 6.45) is 3.36. The summed E-state index contributed by atoms with van der Waals surface area (Å²) in [7, 11) is 0. The molecule has 0 N–H and O–H groups in total. The number of halogens is 1. The maximum absolute atomic E-state index is 12.8. The molecule has 2 rings (SSSR count). The van der Waals surface area contributed by atoms with E-state index in [4.69, 9.17) is 4.74 Å². The van der Waals surface area contributed by atoms with Crippen molar-refractivity contribution in [2.24, 2.45) is 5.92 Å². The Balaban J connectivity index is 1.78. The molecule has 1 unspecified atom stereocenters. The monoisotopic (exact) mass is 293 g/mol. The third-order valence-corrected chi connectivity index (χ3v) is 3.97. The standard InChI is InChI=1S/C17H24FNO2/c1-2-21-13-15-4-3-11-19(12-15)17(20)10-7-14-5-8-16(18)9-6-14/h5-6,8-9,15H,2-4,7,10-13H2,1H3. The van der Waals surface area contributed by atoms with Crippen LogP contribution in [0.4, 0.5) is 4.39 Å². The van der Waals surface area contributed by atoms with Crippen LogP contribution in [0.25, 0.3) is 0 Å². The second-order valence-electron chi connectivity index (χ2n) is 5.63. The van der Waals surface area contributed by atoms with E-state index in [0.29, 0.717) is 18.8 Å². The Morgan fingerprint density at radius 2 is 2.14 bits per heavy atom. The summed E-state index contributed by atoms with van der Waals surface area (Å²) in [6, 6.07) is 6.38. The summed E-state index contributed by atoms with van der Waals surface area (Å²) < 4.78 is 18.3. The van der Waals surface area contributed by atoms with E-state index in [1.165, 1.54) is 12.1 Å². The molecule has 3 nitrogen and oxygen atoms in total. The lowest BCUT2D eigenvalue weighted by Gasteiger charge is -2.32. The van der Waals surface area contributed by atoms with E-state index in [0.717, 1.165) is 44.7 Å². The van der Waals surface area contributed by atoms with Gasteiger partial charge in [-0.25, -0.2) is 4.39 Å². The van der Waals surface area contributed by atoms with Crippen LogP contribution in [0.2, 0.25) is 0 Å². The number of piperidine rings is 1. The predicted octanol–water partition coefficient (Wildman–Crippen LogP) is 3.03. The van der Waals surface area contributed by atoms with Crippen LogP contribution >= 0.6 is 0 Å². The first-order valence-corrected chi connectivity index (χ1v) is 7.79. The van der Waals surface area contributed by atoms with Gasteiger partial charge in [0.2, 0.25) is 5.91 Å². The molecule has 0 radical (unpaired) electrons. The van der Waals surface area contributed by atoms with Gasteiger partial charge in [-0.1, -0.05) is 12.1 Å². The van der Waals surface area contributed by atoms with Crippen LogP contribution in [0, 0.1) is 11.7 Å². The summed E-state index contributed by atoms with van der Waals surface area (Å²) in [5.74, 6) is 0.425. The highest BCUT2D eigenvalue weighted by Crippen LogP contribution is 2.18. The Bertz CT molecular complexity index is 447. The van der Waals surface area contributed by atoms with Crippen molar-refractivity contribution in [3.05, 3.63) is 35.6 Å². The van der Waals surface area contributed by atoms with Crippen molar-refractivity contribution < 1.29 is 13.9 Å². The molecule has 1 aliphatic rings. The molecule has 0 aliphatic carbocycles. The van der Waals surface area contributed by atoms with Crippen molar-refractivity contribution in [1.29, 1.82) is 0 Å². The van der Waals surface area contributed by atoms with Crippen molar-refractivity contribution in [3.63, 3.8) is 0 Å². The molecule has 1 aliphatic heterocycles. The Morgan fingerprint density at radius 3 is 2.86 bits per heavy atom. The SMILES string of the molecule is CCOCC1CCCN(C(=O)CCc2ccc(F)cc2)C1. The Hall–Kier alpha value is -1.42. The van der Waals surface area contributed by atoms with E-state index < -0.39 is 0 Å². The molecule has 116 valence electrons. The summed E-state index contributed by atoms with van der Waals surface area (Å²) >= 11 is 0. The minimum atomic E-state index is -0.236. The molecule has 0 bridgehead atoms. The average molecular weight is 293 g/mol. The lowest BCUT2D eigenvalue weighted by Crippen LogP contribution is -2.41. The number of hydrogen-bond acceptors (Lipinski definition) is 2. The number of carbonyl (C=O) groups excluding carboxylic acids is 1. The average Bonchev–Trinajstić information content (AvgIpc) is 2.52. The highest BCUT2D eigenvalue weighted by Gasteiger charge is 2.23. The second-order valence-corrected chi connectivity index (χ2v) is 5.63. The van der Waals surface area contributed by atoms with Gasteiger partial charge < -0.3 is 9.64 Å². The molecule has 4 heteroatoms. The van der Waals surface area contributed by atoms with Gasteiger partial charge in [-0.15, -0.1) is 0 Å². The molecule has 0 aromatic heterocycles. The smallest absolute Gasteiger partial charge is 0.222 e. The number of aryl methyl sites for hydroxylation is 1. The van der Waals surface area contributed by atoms with Gasteiger partial charge in [0, 0.05) is 26.1 Å². The van der Waals surface area contributed by atoms with Gasteiger partial charge in [0.25, 0.3) is 0 Å². The predicted molar refractivity (Wildman–Crippen MR) is 80.5 cm³/mol. The zero-order chi connectivity index (χ0) is 15.1. The molecule has 1 fully saturated rings. The van der Waals surface area contributed by atoms with Gasteiger partial charge in [-0.2, -0.15) is 0 Å². The van der Waals surface area contributed by atoms with Gasteiger partial charge in [0.15, 0.2) is 0 Å². The number of rotatable bonds is 6. The van der Waals surface area contributed by atoms with Crippen LogP contribution in [-0.4, -0.2) is 37.1 Å². The lowest BCUT2D eigenvalue weighted by atomic mass is 9.98. The highest BCUT2D eigenvalue weighted by atomic mass is 19.1. The fourth-order valence-electron chi connectivity index (χ4n) is 2.77. The first-order valence-electron chi connectivity index (χ1n) is 7.79. The minimum Gasteiger partial charge on any atom is -0.381 e. The van der Waals surface area contributed by atoms with Crippen LogP contribution in [0.3, 0.4) is 0 Å². The third-order valence-electron chi connectivity index (χ3n) is 3.97. The summed E-state index contributed by atoms with van der Waals surface area (Å²) in [6.45, 7) is 5.13. The minimum absolute atomic E-state index is 0.195. The van der Waals surface area contributed by atoms with Crippen LogP contribution in [0.5, 0.6) is 0 Å². The van der Waals surface area contributed by atoms with E-state index >= 15 is 0 Å². The molecular weight excluding hydrogens is 269 g/mol. The van der Waals surface area contributed by atoms with Gasteiger partial charge in [-0.05, 0) is 49.8 Å². The zero-order valence-corrected chi connectivity index (χ0v) is 12.7. The molecule has 0 spiro atoms. The molecule has 1 aromatic carbocycles. The highest BCUT2D eigenvalue weighted by molar-refractivity contribution is 5.76. The number of likely N-dealkylation sites (tertiary alicyclic amines) is 1. The van der Waals surface area contributed by atoms with E-state index in [1.807, 2.05) is 11.8 Å². The van der Waals surface area contributed by atoms with Gasteiger partial charge in [0.1, 0.15) is 5.82 Å². The summed E-state index contributed by atoms with van der Waals surface area (Å²) in [4.78, 5) is 14.2. The molecule has 1 atom stereocenters. The van der Waals surface area contributed by atoms with Crippen molar-refractivity contribution in [2.45, 2.75) is 32.6 Å². The van der Waals surface area contributed by atoms with Crippen molar-refractivity contribution >= 4 is 5.91 Å². The topological polar surface area (TPSA) is 29.5 Å². The molecule has 1 saturated heterocycles.